The van der Waals surface area contributed by atoms with Crippen LogP contribution in [0.1, 0.15) is 24.4 Å². The molecule has 0 aromatic carbocycles. The zero-order valence-electron chi connectivity index (χ0n) is 10.3. The van der Waals surface area contributed by atoms with Gasteiger partial charge in [-0.05, 0) is 43.5 Å². The van der Waals surface area contributed by atoms with Gasteiger partial charge in [0.05, 0.1) is 0 Å². The lowest BCUT2D eigenvalue weighted by Gasteiger charge is -2.34. The molecule has 1 fully saturated rings. The molecule has 94 valence electrons. The van der Waals surface area contributed by atoms with E-state index in [0.29, 0.717) is 5.92 Å². The van der Waals surface area contributed by atoms with Crippen molar-refractivity contribution in [3.8, 4) is 0 Å². The highest BCUT2D eigenvalue weighted by Gasteiger charge is 2.24. The fourth-order valence-corrected chi connectivity index (χ4v) is 2.56. The maximum absolute atomic E-state index is 6.31. The second kappa shape index (κ2) is 6.10. The summed E-state index contributed by atoms with van der Waals surface area (Å²) in [5.41, 5.74) is 13.0. The Morgan fingerprint density at radius 2 is 2.18 bits per heavy atom. The van der Waals surface area contributed by atoms with E-state index in [1.807, 2.05) is 12.3 Å². The predicted octanol–water partition coefficient (Wildman–Crippen LogP) is 0.752. The number of nitrogens with zero attached hydrogens (tertiary/aromatic N) is 2. The van der Waals surface area contributed by atoms with E-state index in [2.05, 4.69) is 16.0 Å². The van der Waals surface area contributed by atoms with Gasteiger partial charge < -0.3 is 16.4 Å². The fourth-order valence-electron chi connectivity index (χ4n) is 2.56. The van der Waals surface area contributed by atoms with Crippen molar-refractivity contribution in [2.45, 2.75) is 18.9 Å². The van der Waals surface area contributed by atoms with E-state index in [1.165, 1.54) is 0 Å². The van der Waals surface area contributed by atoms with Crippen molar-refractivity contribution in [1.82, 2.24) is 9.88 Å². The maximum atomic E-state index is 6.31. The first-order chi connectivity index (χ1) is 8.31. The smallest absolute Gasteiger partial charge is 0.0339 e. The molecule has 1 aromatic rings. The molecule has 1 atom stereocenters. The number of piperidine rings is 1. The van der Waals surface area contributed by atoms with E-state index in [1.54, 1.807) is 6.20 Å². The van der Waals surface area contributed by atoms with E-state index in [-0.39, 0.29) is 6.04 Å². The van der Waals surface area contributed by atoms with Crippen LogP contribution in [0.2, 0.25) is 0 Å². The monoisotopic (exact) mass is 234 g/mol. The Balaban J connectivity index is 1.88. The molecule has 1 aliphatic rings. The molecule has 4 N–H and O–H groups in total. The van der Waals surface area contributed by atoms with E-state index < -0.39 is 0 Å². The first kappa shape index (κ1) is 12.5. The first-order valence-electron chi connectivity index (χ1n) is 6.39. The average molecular weight is 234 g/mol. The molecular formula is C13H22N4. The molecular weight excluding hydrogens is 212 g/mol. The number of aromatic nitrogens is 1. The number of hydrogen-bond donors (Lipinski definition) is 2. The highest BCUT2D eigenvalue weighted by Crippen LogP contribution is 2.28. The van der Waals surface area contributed by atoms with Crippen LogP contribution in [0.25, 0.3) is 0 Å². The largest absolute Gasteiger partial charge is 0.329 e. The van der Waals surface area contributed by atoms with Gasteiger partial charge in [-0.15, -0.1) is 0 Å². The van der Waals surface area contributed by atoms with Crippen molar-refractivity contribution < 1.29 is 0 Å². The molecule has 17 heavy (non-hydrogen) atoms. The summed E-state index contributed by atoms with van der Waals surface area (Å²) in [5.74, 6) is 0.577. The van der Waals surface area contributed by atoms with Crippen LogP contribution < -0.4 is 11.5 Å². The summed E-state index contributed by atoms with van der Waals surface area (Å²) in [5, 5.41) is 0. The molecule has 0 spiro atoms. The molecule has 0 aliphatic carbocycles. The molecule has 4 heteroatoms. The standard InChI is InChI=1S/C13H22N4/c14-5-9-17-7-3-11(4-8-17)13(15)12-2-1-6-16-10-12/h1-2,6,10-11,13H,3-5,7-9,14-15H2. The minimum absolute atomic E-state index is 0.128. The Morgan fingerprint density at radius 3 is 2.76 bits per heavy atom. The second-order valence-corrected chi connectivity index (χ2v) is 4.78. The average Bonchev–Trinajstić information content (AvgIpc) is 2.40. The van der Waals surface area contributed by atoms with Crippen molar-refractivity contribution in [1.29, 1.82) is 0 Å². The zero-order valence-corrected chi connectivity index (χ0v) is 10.3. The van der Waals surface area contributed by atoms with Crippen LogP contribution >= 0.6 is 0 Å². The quantitative estimate of drug-likeness (QED) is 0.807. The van der Waals surface area contributed by atoms with Gasteiger partial charge >= 0.3 is 0 Å². The van der Waals surface area contributed by atoms with E-state index in [4.69, 9.17) is 11.5 Å². The zero-order chi connectivity index (χ0) is 12.1. The van der Waals surface area contributed by atoms with Crippen LogP contribution in [-0.4, -0.2) is 36.1 Å². The fraction of sp³-hybridized carbons (Fsp3) is 0.615. The van der Waals surface area contributed by atoms with E-state index >= 15 is 0 Å². The summed E-state index contributed by atoms with van der Waals surface area (Å²) in [7, 11) is 0. The summed E-state index contributed by atoms with van der Waals surface area (Å²) < 4.78 is 0. The van der Waals surface area contributed by atoms with Crippen LogP contribution in [0.3, 0.4) is 0 Å². The summed E-state index contributed by atoms with van der Waals surface area (Å²) in [6.45, 7) is 4.00. The molecule has 0 bridgehead atoms. The van der Waals surface area contributed by atoms with Crippen molar-refractivity contribution >= 4 is 0 Å². The summed E-state index contributed by atoms with van der Waals surface area (Å²) in [4.78, 5) is 6.56. The van der Waals surface area contributed by atoms with Gasteiger partial charge in [0.1, 0.15) is 0 Å². The van der Waals surface area contributed by atoms with Crippen LogP contribution in [-0.2, 0) is 0 Å². The highest BCUT2D eigenvalue weighted by molar-refractivity contribution is 5.14. The topological polar surface area (TPSA) is 68.2 Å². The Hall–Kier alpha value is -0.970. The third-order valence-corrected chi connectivity index (χ3v) is 3.65. The molecule has 1 aromatic heterocycles. The lowest BCUT2D eigenvalue weighted by atomic mass is 9.86. The van der Waals surface area contributed by atoms with Crippen molar-refractivity contribution in [2.24, 2.45) is 17.4 Å². The van der Waals surface area contributed by atoms with Gasteiger partial charge in [-0.2, -0.15) is 0 Å². The predicted molar refractivity (Wildman–Crippen MR) is 69.4 cm³/mol. The molecule has 1 aliphatic heterocycles. The number of pyridine rings is 1. The minimum Gasteiger partial charge on any atom is -0.329 e. The maximum Gasteiger partial charge on any atom is 0.0339 e. The summed E-state index contributed by atoms with van der Waals surface area (Å²) in [6, 6.07) is 4.16. The number of likely N-dealkylation sites (tertiary alicyclic amines) is 1. The van der Waals surface area contributed by atoms with Crippen molar-refractivity contribution in [2.75, 3.05) is 26.2 Å². The highest BCUT2D eigenvalue weighted by atomic mass is 15.1. The second-order valence-electron chi connectivity index (χ2n) is 4.78. The molecule has 2 heterocycles. The molecule has 0 radical (unpaired) electrons. The van der Waals surface area contributed by atoms with Gasteiger partial charge in [-0.1, -0.05) is 6.07 Å². The van der Waals surface area contributed by atoms with E-state index in [0.717, 1.165) is 44.6 Å². The van der Waals surface area contributed by atoms with Crippen LogP contribution in [0.4, 0.5) is 0 Å². The summed E-state index contributed by atoms with van der Waals surface area (Å²) >= 11 is 0. The third kappa shape index (κ3) is 3.25. The van der Waals surface area contributed by atoms with Gasteiger partial charge in [-0.3, -0.25) is 4.98 Å². The molecule has 1 unspecified atom stereocenters. The molecule has 2 rings (SSSR count). The van der Waals surface area contributed by atoms with Crippen LogP contribution in [0.5, 0.6) is 0 Å². The Bertz CT molecular complexity index is 319. The van der Waals surface area contributed by atoms with Gasteiger partial charge in [0, 0.05) is 31.5 Å². The molecule has 1 saturated heterocycles. The summed E-state index contributed by atoms with van der Waals surface area (Å²) in [6.07, 6.45) is 6.00. The lowest BCUT2D eigenvalue weighted by molar-refractivity contribution is 0.173. The molecule has 4 nitrogen and oxygen atoms in total. The van der Waals surface area contributed by atoms with Crippen molar-refractivity contribution in [3.63, 3.8) is 0 Å². The molecule has 0 amide bonds. The van der Waals surface area contributed by atoms with Gasteiger partial charge in [0.15, 0.2) is 0 Å². The van der Waals surface area contributed by atoms with Crippen LogP contribution in [0, 0.1) is 5.92 Å². The third-order valence-electron chi connectivity index (χ3n) is 3.65. The number of rotatable bonds is 4. The van der Waals surface area contributed by atoms with Gasteiger partial charge in [-0.25, -0.2) is 0 Å². The normalized spacial score (nSPS) is 20.4. The first-order valence-corrected chi connectivity index (χ1v) is 6.39. The van der Waals surface area contributed by atoms with Gasteiger partial charge in [0.2, 0.25) is 0 Å². The van der Waals surface area contributed by atoms with E-state index in [9.17, 15) is 0 Å². The minimum atomic E-state index is 0.128. The van der Waals surface area contributed by atoms with Gasteiger partial charge in [0.25, 0.3) is 0 Å². The Morgan fingerprint density at radius 1 is 1.41 bits per heavy atom. The number of hydrogen-bond acceptors (Lipinski definition) is 4. The number of nitrogens with two attached hydrogens (primary N) is 2. The molecule has 0 saturated carbocycles. The Kier molecular flexibility index (Phi) is 4.48. The van der Waals surface area contributed by atoms with Crippen molar-refractivity contribution in [3.05, 3.63) is 30.1 Å². The lowest BCUT2D eigenvalue weighted by Crippen LogP contribution is -2.39. The SMILES string of the molecule is NCCN1CCC(C(N)c2cccnc2)CC1. The Labute approximate surface area is 103 Å². The van der Waals surface area contributed by atoms with Crippen LogP contribution in [0.15, 0.2) is 24.5 Å².